The lowest BCUT2D eigenvalue weighted by molar-refractivity contribution is -0.254. The van der Waals surface area contributed by atoms with Crippen LogP contribution in [0.25, 0.3) is 0 Å². The Balaban J connectivity index is 1.76. The van der Waals surface area contributed by atoms with Crippen LogP contribution in [0.2, 0.25) is 0 Å². The van der Waals surface area contributed by atoms with Crippen molar-refractivity contribution in [3.05, 3.63) is 70.3 Å². The average molecular weight is 555 g/mol. The van der Waals surface area contributed by atoms with E-state index >= 15 is 0 Å². The first-order valence-electron chi connectivity index (χ1n) is 13.2. The first-order chi connectivity index (χ1) is 19.1. The summed E-state index contributed by atoms with van der Waals surface area (Å²) >= 11 is 0. The zero-order valence-electron chi connectivity index (χ0n) is 23.2. The summed E-state index contributed by atoms with van der Waals surface area (Å²) in [5.74, 6) is -2.57. The van der Waals surface area contributed by atoms with E-state index in [-0.39, 0.29) is 12.7 Å². The zero-order chi connectivity index (χ0) is 29.0. The minimum atomic E-state index is -1.23. The molecule has 4 rings (SSSR count). The van der Waals surface area contributed by atoms with Crippen LogP contribution in [0, 0.1) is 0 Å². The van der Waals surface area contributed by atoms with Crippen molar-refractivity contribution in [3.63, 3.8) is 0 Å². The molecule has 0 amide bonds. The molecule has 0 N–H and O–H groups in total. The number of carbonyl (C=O) groups is 4. The van der Waals surface area contributed by atoms with Gasteiger partial charge in [-0.25, -0.2) is 0 Å². The number of benzene rings is 2. The Morgan fingerprint density at radius 3 is 1.98 bits per heavy atom. The number of esters is 4. The predicted octanol–water partition coefficient (Wildman–Crippen LogP) is 3.67. The fourth-order valence-corrected chi connectivity index (χ4v) is 5.13. The summed E-state index contributed by atoms with van der Waals surface area (Å²) in [6.45, 7) is 7.08. The van der Waals surface area contributed by atoms with E-state index in [0.29, 0.717) is 12.2 Å². The second kappa shape index (κ2) is 12.6. The molecule has 0 radical (unpaired) electrons. The van der Waals surface area contributed by atoms with Crippen LogP contribution >= 0.6 is 0 Å². The van der Waals surface area contributed by atoms with E-state index in [1.54, 1.807) is 0 Å². The summed E-state index contributed by atoms with van der Waals surface area (Å²) in [6.07, 6.45) is -4.95. The third-order valence-electron chi connectivity index (χ3n) is 6.87. The molecule has 0 saturated carbocycles. The molecule has 2 aromatic rings. The Morgan fingerprint density at radius 1 is 0.775 bits per heavy atom. The monoisotopic (exact) mass is 554 g/mol. The van der Waals surface area contributed by atoms with E-state index < -0.39 is 54.4 Å². The molecule has 1 unspecified atom stereocenters. The first-order valence-corrected chi connectivity index (χ1v) is 13.2. The van der Waals surface area contributed by atoms with Crippen LogP contribution in [0.15, 0.2) is 42.5 Å². The molecule has 2 aromatic carbocycles. The van der Waals surface area contributed by atoms with Crippen LogP contribution in [0.3, 0.4) is 0 Å². The van der Waals surface area contributed by atoms with Gasteiger partial charge in [-0.3, -0.25) is 19.2 Å². The number of ether oxygens (including phenoxy) is 6. The van der Waals surface area contributed by atoms with Crippen molar-refractivity contribution in [1.82, 2.24) is 0 Å². The van der Waals surface area contributed by atoms with Gasteiger partial charge in [0.25, 0.3) is 0 Å². The summed E-state index contributed by atoms with van der Waals surface area (Å²) in [4.78, 5) is 48.0. The molecule has 10 nitrogen and oxygen atoms in total. The maximum Gasteiger partial charge on any atom is 0.303 e. The topological polar surface area (TPSA) is 124 Å². The molecule has 40 heavy (non-hydrogen) atoms. The SMILES string of the molecule is CCc1ccc(C2OCc3ccc([C@@H]4O[C@H](COC(C)=O)[C@@H](OC(C)=O)[C@H](OC(C)=O)[C@H]4OC(C)=O)cc32)cc1. The van der Waals surface area contributed by atoms with Gasteiger partial charge in [-0.2, -0.15) is 0 Å². The molecule has 6 atom stereocenters. The van der Waals surface area contributed by atoms with Gasteiger partial charge in [-0.1, -0.05) is 43.3 Å². The van der Waals surface area contributed by atoms with Crippen LogP contribution in [-0.2, 0) is 60.6 Å². The molecular formula is C30H34O10. The Morgan fingerprint density at radius 2 is 1.38 bits per heavy atom. The molecule has 2 aliphatic heterocycles. The van der Waals surface area contributed by atoms with Crippen molar-refractivity contribution >= 4 is 23.9 Å². The van der Waals surface area contributed by atoms with Gasteiger partial charge in [-0.05, 0) is 40.3 Å². The molecule has 0 bridgehead atoms. The fourth-order valence-electron chi connectivity index (χ4n) is 5.13. The molecule has 214 valence electrons. The molecule has 2 aliphatic rings. The summed E-state index contributed by atoms with van der Waals surface area (Å²) in [7, 11) is 0. The molecule has 10 heteroatoms. The quantitative estimate of drug-likeness (QED) is 0.353. The van der Waals surface area contributed by atoms with Gasteiger partial charge in [0.05, 0.1) is 6.61 Å². The minimum absolute atomic E-state index is 0.283. The van der Waals surface area contributed by atoms with Gasteiger partial charge in [0.15, 0.2) is 18.3 Å². The van der Waals surface area contributed by atoms with E-state index in [2.05, 4.69) is 19.1 Å². The van der Waals surface area contributed by atoms with Crippen LogP contribution in [0.5, 0.6) is 0 Å². The van der Waals surface area contributed by atoms with Crippen LogP contribution in [-0.4, -0.2) is 54.9 Å². The number of hydrogen-bond acceptors (Lipinski definition) is 10. The van der Waals surface area contributed by atoms with Gasteiger partial charge in [0.2, 0.25) is 0 Å². The second-order valence-electron chi connectivity index (χ2n) is 9.86. The molecule has 0 aliphatic carbocycles. The zero-order valence-corrected chi connectivity index (χ0v) is 23.2. The summed E-state index contributed by atoms with van der Waals surface area (Å²) in [6, 6.07) is 13.9. The van der Waals surface area contributed by atoms with Crippen molar-refractivity contribution in [3.8, 4) is 0 Å². The van der Waals surface area contributed by atoms with Crippen molar-refractivity contribution in [2.24, 2.45) is 0 Å². The van der Waals surface area contributed by atoms with Gasteiger partial charge >= 0.3 is 23.9 Å². The largest absolute Gasteiger partial charge is 0.463 e. The van der Waals surface area contributed by atoms with Gasteiger partial charge in [0, 0.05) is 27.7 Å². The van der Waals surface area contributed by atoms with Crippen molar-refractivity contribution in [2.75, 3.05) is 6.61 Å². The van der Waals surface area contributed by atoms with Gasteiger partial charge < -0.3 is 28.4 Å². The van der Waals surface area contributed by atoms with E-state index in [1.165, 1.54) is 33.3 Å². The third-order valence-corrected chi connectivity index (χ3v) is 6.87. The molecular weight excluding hydrogens is 520 g/mol. The number of rotatable bonds is 8. The van der Waals surface area contributed by atoms with E-state index in [0.717, 1.165) is 23.1 Å². The molecule has 2 heterocycles. The van der Waals surface area contributed by atoms with Crippen LogP contribution in [0.4, 0.5) is 0 Å². The lowest BCUT2D eigenvalue weighted by Crippen LogP contribution is -2.59. The van der Waals surface area contributed by atoms with Crippen molar-refractivity contribution in [1.29, 1.82) is 0 Å². The van der Waals surface area contributed by atoms with Crippen LogP contribution in [0.1, 0.15) is 74.6 Å². The lowest BCUT2D eigenvalue weighted by Gasteiger charge is -2.44. The molecule has 1 saturated heterocycles. The maximum absolute atomic E-state index is 12.2. The summed E-state index contributed by atoms with van der Waals surface area (Å²) in [5.41, 5.74) is 4.76. The Hall–Kier alpha value is -3.76. The Kier molecular flexibility index (Phi) is 9.21. The first kappa shape index (κ1) is 29.2. The van der Waals surface area contributed by atoms with E-state index in [1.807, 2.05) is 30.3 Å². The molecule has 1 fully saturated rings. The smallest absolute Gasteiger partial charge is 0.303 e. The van der Waals surface area contributed by atoms with Gasteiger partial charge in [-0.15, -0.1) is 0 Å². The number of carbonyl (C=O) groups excluding carboxylic acids is 4. The highest BCUT2D eigenvalue weighted by Crippen LogP contribution is 2.42. The van der Waals surface area contributed by atoms with Gasteiger partial charge in [0.1, 0.15) is 24.9 Å². The molecule has 0 spiro atoms. The number of fused-ring (bicyclic) bond motifs is 1. The molecule has 0 aromatic heterocycles. The highest BCUT2D eigenvalue weighted by atomic mass is 16.7. The summed E-state index contributed by atoms with van der Waals surface area (Å²) in [5, 5.41) is 0. The van der Waals surface area contributed by atoms with Crippen molar-refractivity contribution < 1.29 is 47.6 Å². The predicted molar refractivity (Wildman–Crippen MR) is 140 cm³/mol. The van der Waals surface area contributed by atoms with Crippen LogP contribution < -0.4 is 0 Å². The minimum Gasteiger partial charge on any atom is -0.463 e. The lowest BCUT2D eigenvalue weighted by atomic mass is 9.88. The van der Waals surface area contributed by atoms with E-state index in [4.69, 9.17) is 28.4 Å². The third kappa shape index (κ3) is 6.68. The standard InChI is InChI=1S/C30H34O10/c1-6-20-7-9-21(10-8-20)26-24-13-22(11-12-23(24)14-36-26)27-29(38-18(4)33)30(39-19(5)34)28(37-17(3)32)25(40-27)15-35-16(2)31/h7-13,25-30H,6,14-15H2,1-5H3/t25-,26?,27+,28-,29+,30+/m1/s1. The average Bonchev–Trinajstić information content (AvgIpc) is 3.32. The van der Waals surface area contributed by atoms with E-state index in [9.17, 15) is 19.2 Å². The number of aryl methyl sites for hydroxylation is 1. The fraction of sp³-hybridized carbons (Fsp3) is 0.467. The Bertz CT molecular complexity index is 1250. The normalized spacial score (nSPS) is 25.4. The summed E-state index contributed by atoms with van der Waals surface area (Å²) < 4.78 is 34.3. The highest BCUT2D eigenvalue weighted by molar-refractivity contribution is 5.69. The second-order valence-corrected chi connectivity index (χ2v) is 9.86. The Labute approximate surface area is 232 Å². The van der Waals surface area contributed by atoms with Crippen molar-refractivity contribution in [2.45, 2.75) is 84.3 Å². The highest BCUT2D eigenvalue weighted by Gasteiger charge is 2.52. The maximum atomic E-state index is 12.2. The number of hydrogen-bond donors (Lipinski definition) is 0.